The van der Waals surface area contributed by atoms with Crippen molar-refractivity contribution in [2.75, 3.05) is 24.5 Å². The SMILES string of the molecule is N#Cc1cccnc1N1CCC2(CC1)CCN([C@H]1CC[C@@H](O)CC1)C2=O. The molecule has 3 heterocycles. The van der Waals surface area contributed by atoms with Crippen LogP contribution in [0.2, 0.25) is 0 Å². The third-order valence-electron chi connectivity index (χ3n) is 6.58. The Kier molecular flexibility index (Phi) is 4.58. The Labute approximate surface area is 154 Å². The molecule has 2 aliphatic heterocycles. The Morgan fingerprint density at radius 2 is 1.85 bits per heavy atom. The van der Waals surface area contributed by atoms with E-state index < -0.39 is 0 Å². The van der Waals surface area contributed by atoms with E-state index >= 15 is 0 Å². The van der Waals surface area contributed by atoms with E-state index in [9.17, 15) is 15.2 Å². The van der Waals surface area contributed by atoms with Gasteiger partial charge in [-0.05, 0) is 57.1 Å². The van der Waals surface area contributed by atoms with Gasteiger partial charge >= 0.3 is 0 Å². The van der Waals surface area contributed by atoms with Crippen LogP contribution in [0.3, 0.4) is 0 Å². The van der Waals surface area contributed by atoms with Gasteiger partial charge in [-0.3, -0.25) is 4.79 Å². The summed E-state index contributed by atoms with van der Waals surface area (Å²) in [6, 6.07) is 6.11. The van der Waals surface area contributed by atoms with Gasteiger partial charge in [0, 0.05) is 31.9 Å². The zero-order valence-corrected chi connectivity index (χ0v) is 15.1. The maximum absolute atomic E-state index is 13.2. The molecule has 0 unspecified atom stereocenters. The molecule has 1 saturated carbocycles. The van der Waals surface area contributed by atoms with Crippen molar-refractivity contribution in [2.24, 2.45) is 5.41 Å². The molecule has 1 aromatic heterocycles. The predicted octanol–water partition coefficient (Wildman–Crippen LogP) is 2.08. The van der Waals surface area contributed by atoms with E-state index in [2.05, 4.69) is 20.9 Å². The summed E-state index contributed by atoms with van der Waals surface area (Å²) >= 11 is 0. The lowest BCUT2D eigenvalue weighted by atomic mass is 9.77. The minimum absolute atomic E-state index is 0.186. The first-order valence-corrected chi connectivity index (χ1v) is 9.72. The van der Waals surface area contributed by atoms with E-state index in [1.807, 2.05) is 0 Å². The molecule has 4 rings (SSSR count). The average molecular weight is 354 g/mol. The van der Waals surface area contributed by atoms with Gasteiger partial charge in [0.1, 0.15) is 11.9 Å². The van der Waals surface area contributed by atoms with Gasteiger partial charge in [-0.1, -0.05) is 0 Å². The van der Waals surface area contributed by atoms with Crippen LogP contribution in [0.5, 0.6) is 0 Å². The summed E-state index contributed by atoms with van der Waals surface area (Å²) in [4.78, 5) is 21.8. The van der Waals surface area contributed by atoms with Crippen LogP contribution in [0.15, 0.2) is 18.3 Å². The van der Waals surface area contributed by atoms with Crippen LogP contribution in [0.4, 0.5) is 5.82 Å². The molecule has 0 bridgehead atoms. The van der Waals surface area contributed by atoms with Crippen molar-refractivity contribution in [3.05, 3.63) is 23.9 Å². The third kappa shape index (κ3) is 2.95. The lowest BCUT2D eigenvalue weighted by Gasteiger charge is -2.40. The largest absolute Gasteiger partial charge is 0.393 e. The van der Waals surface area contributed by atoms with Crippen LogP contribution in [-0.4, -0.2) is 52.7 Å². The van der Waals surface area contributed by atoms with Gasteiger partial charge in [0.15, 0.2) is 0 Å². The summed E-state index contributed by atoms with van der Waals surface area (Å²) in [7, 11) is 0. The molecule has 6 heteroatoms. The first-order valence-electron chi connectivity index (χ1n) is 9.72. The quantitative estimate of drug-likeness (QED) is 0.879. The normalized spacial score (nSPS) is 28.4. The molecule has 1 spiro atoms. The van der Waals surface area contributed by atoms with Gasteiger partial charge in [-0.15, -0.1) is 0 Å². The highest BCUT2D eigenvalue weighted by atomic mass is 16.3. The highest BCUT2D eigenvalue weighted by molar-refractivity contribution is 5.85. The number of hydrogen-bond donors (Lipinski definition) is 1. The van der Waals surface area contributed by atoms with Crippen molar-refractivity contribution in [3.63, 3.8) is 0 Å². The van der Waals surface area contributed by atoms with Gasteiger partial charge in [0.2, 0.25) is 5.91 Å². The van der Waals surface area contributed by atoms with Crippen LogP contribution in [0.1, 0.15) is 50.5 Å². The molecule has 3 aliphatic rings. The number of carbonyl (C=O) groups excluding carboxylic acids is 1. The molecule has 1 amide bonds. The lowest BCUT2D eigenvalue weighted by molar-refractivity contribution is -0.139. The third-order valence-corrected chi connectivity index (χ3v) is 6.58. The van der Waals surface area contributed by atoms with Crippen LogP contribution in [0.25, 0.3) is 0 Å². The summed E-state index contributed by atoms with van der Waals surface area (Å²) in [6.45, 7) is 2.40. The van der Waals surface area contributed by atoms with Gasteiger partial charge < -0.3 is 14.9 Å². The molecule has 0 atom stereocenters. The summed E-state index contributed by atoms with van der Waals surface area (Å²) in [5.74, 6) is 1.06. The minimum Gasteiger partial charge on any atom is -0.393 e. The topological polar surface area (TPSA) is 80.5 Å². The number of piperidine rings is 1. The molecule has 26 heavy (non-hydrogen) atoms. The summed E-state index contributed by atoms with van der Waals surface area (Å²) < 4.78 is 0. The van der Waals surface area contributed by atoms with Gasteiger partial charge in [0.05, 0.1) is 17.1 Å². The Hall–Kier alpha value is -2.13. The molecule has 3 fully saturated rings. The highest BCUT2D eigenvalue weighted by Crippen LogP contribution is 2.44. The maximum atomic E-state index is 13.2. The van der Waals surface area contributed by atoms with E-state index in [1.165, 1.54) is 0 Å². The van der Waals surface area contributed by atoms with Crippen LogP contribution in [0, 0.1) is 16.7 Å². The number of pyridine rings is 1. The maximum Gasteiger partial charge on any atom is 0.229 e. The van der Waals surface area contributed by atoms with Crippen molar-refractivity contribution in [2.45, 2.75) is 57.1 Å². The number of rotatable bonds is 2. The fourth-order valence-corrected chi connectivity index (χ4v) is 4.91. The van der Waals surface area contributed by atoms with Crippen LogP contribution < -0.4 is 4.90 Å². The van der Waals surface area contributed by atoms with Crippen molar-refractivity contribution in [3.8, 4) is 6.07 Å². The van der Waals surface area contributed by atoms with Crippen molar-refractivity contribution >= 4 is 11.7 Å². The number of carbonyl (C=O) groups is 1. The summed E-state index contributed by atoms with van der Waals surface area (Å²) in [5.41, 5.74) is 0.373. The molecule has 6 nitrogen and oxygen atoms in total. The summed E-state index contributed by atoms with van der Waals surface area (Å²) in [6.07, 6.45) is 7.61. The first-order chi connectivity index (χ1) is 12.6. The highest BCUT2D eigenvalue weighted by Gasteiger charge is 2.50. The number of nitriles is 1. The Balaban J connectivity index is 1.42. The minimum atomic E-state index is -0.228. The zero-order chi connectivity index (χ0) is 18.1. The number of nitrogens with zero attached hydrogens (tertiary/aromatic N) is 4. The number of amides is 1. The molecule has 1 aliphatic carbocycles. The van der Waals surface area contributed by atoms with E-state index in [4.69, 9.17) is 0 Å². The fraction of sp³-hybridized carbons (Fsp3) is 0.650. The lowest BCUT2D eigenvalue weighted by Crippen LogP contribution is -2.47. The van der Waals surface area contributed by atoms with Crippen LogP contribution >= 0.6 is 0 Å². The zero-order valence-electron chi connectivity index (χ0n) is 15.1. The number of hydrogen-bond acceptors (Lipinski definition) is 5. The molecule has 138 valence electrons. The van der Waals surface area contributed by atoms with Crippen molar-refractivity contribution < 1.29 is 9.90 Å². The molecule has 2 saturated heterocycles. The van der Waals surface area contributed by atoms with Gasteiger partial charge in [-0.2, -0.15) is 5.26 Å². The number of likely N-dealkylation sites (tertiary alicyclic amines) is 1. The van der Waals surface area contributed by atoms with E-state index in [1.54, 1.807) is 18.3 Å². The molecule has 1 aromatic rings. The molecule has 0 aromatic carbocycles. The second kappa shape index (κ2) is 6.88. The predicted molar refractivity (Wildman–Crippen MR) is 97.4 cm³/mol. The average Bonchev–Trinajstić information content (AvgIpc) is 2.99. The monoisotopic (exact) mass is 354 g/mol. The number of anilines is 1. The standard InChI is InChI=1S/C20H26N4O2/c21-14-15-2-1-10-22-18(15)23-11-7-20(8-12-23)9-13-24(19(20)26)16-3-5-17(25)6-4-16/h1-2,10,16-17,25H,3-9,11-13H2/t16-,17+. The van der Waals surface area contributed by atoms with Crippen molar-refractivity contribution in [1.29, 1.82) is 5.26 Å². The summed E-state index contributed by atoms with van der Waals surface area (Å²) in [5, 5.41) is 19.0. The molecule has 0 radical (unpaired) electrons. The Morgan fingerprint density at radius 1 is 1.15 bits per heavy atom. The molecule has 1 N–H and O–H groups in total. The second-order valence-electron chi connectivity index (χ2n) is 7.96. The van der Waals surface area contributed by atoms with E-state index in [0.717, 1.165) is 70.4 Å². The number of aliphatic hydroxyl groups excluding tert-OH is 1. The second-order valence-corrected chi connectivity index (χ2v) is 7.96. The Morgan fingerprint density at radius 3 is 2.54 bits per heavy atom. The van der Waals surface area contributed by atoms with E-state index in [-0.39, 0.29) is 11.5 Å². The number of aliphatic hydroxyl groups is 1. The van der Waals surface area contributed by atoms with Gasteiger partial charge in [-0.25, -0.2) is 4.98 Å². The molecular weight excluding hydrogens is 328 g/mol. The number of aromatic nitrogens is 1. The Bertz CT molecular complexity index is 713. The first kappa shape index (κ1) is 17.3. The smallest absolute Gasteiger partial charge is 0.229 e. The van der Waals surface area contributed by atoms with Gasteiger partial charge in [0.25, 0.3) is 0 Å². The fourth-order valence-electron chi connectivity index (χ4n) is 4.91. The molecular formula is C20H26N4O2. The van der Waals surface area contributed by atoms with E-state index in [0.29, 0.717) is 17.5 Å². The van der Waals surface area contributed by atoms with Crippen LogP contribution in [-0.2, 0) is 4.79 Å². The van der Waals surface area contributed by atoms with Crippen molar-refractivity contribution in [1.82, 2.24) is 9.88 Å².